The number of hydrogen-bond donors (Lipinski definition) is 2. The van der Waals surface area contributed by atoms with Crippen LogP contribution in [-0.4, -0.2) is 30.5 Å². The van der Waals surface area contributed by atoms with Gasteiger partial charge in [0.15, 0.2) is 0 Å². The van der Waals surface area contributed by atoms with E-state index in [1.165, 1.54) is 17.7 Å². The average molecular weight is 511 g/mol. The molecule has 1 aliphatic rings. The van der Waals surface area contributed by atoms with Gasteiger partial charge in [-0.2, -0.15) is 0 Å². The molecule has 8 heteroatoms. The van der Waals surface area contributed by atoms with E-state index in [0.29, 0.717) is 30.7 Å². The molecule has 1 unspecified atom stereocenters. The predicted molar refractivity (Wildman–Crippen MR) is 137 cm³/mol. The molecule has 0 aliphatic heterocycles. The number of pyridine rings is 1. The van der Waals surface area contributed by atoms with Crippen molar-refractivity contribution in [2.75, 3.05) is 0 Å². The lowest BCUT2D eigenvalue weighted by Crippen LogP contribution is -2.38. The molecule has 0 bridgehead atoms. The number of sulfonamides is 1. The van der Waals surface area contributed by atoms with Crippen LogP contribution in [-0.2, 0) is 27.7 Å². The number of aliphatic carboxylic acids is 1. The van der Waals surface area contributed by atoms with E-state index >= 15 is 0 Å². The summed E-state index contributed by atoms with van der Waals surface area (Å²) < 4.78 is 28.4. The second-order valence-electron chi connectivity index (χ2n) is 8.64. The van der Waals surface area contributed by atoms with Crippen molar-refractivity contribution in [2.24, 2.45) is 0 Å². The van der Waals surface area contributed by atoms with Gasteiger partial charge in [0.1, 0.15) is 0 Å². The Bertz CT molecular complexity index is 1320. The molecule has 182 valence electrons. The molecule has 3 aromatic rings. The van der Waals surface area contributed by atoms with Crippen molar-refractivity contribution < 1.29 is 18.3 Å². The van der Waals surface area contributed by atoms with Gasteiger partial charge in [-0.15, -0.1) is 0 Å². The number of carboxylic acids is 1. The van der Waals surface area contributed by atoms with Crippen LogP contribution < -0.4 is 4.72 Å². The minimum absolute atomic E-state index is 0.133. The van der Waals surface area contributed by atoms with Crippen molar-refractivity contribution in [3.8, 4) is 0 Å². The van der Waals surface area contributed by atoms with Gasteiger partial charge in [0, 0.05) is 35.4 Å². The summed E-state index contributed by atoms with van der Waals surface area (Å²) in [7, 11) is -3.62. The highest BCUT2D eigenvalue weighted by Gasteiger charge is 2.25. The first kappa shape index (κ1) is 25.1. The molecule has 6 nitrogen and oxygen atoms in total. The van der Waals surface area contributed by atoms with E-state index in [2.05, 4.69) is 27.9 Å². The molecule has 0 saturated heterocycles. The van der Waals surface area contributed by atoms with Crippen LogP contribution >= 0.6 is 11.6 Å². The maximum atomic E-state index is 12.8. The molecule has 0 spiro atoms. The third kappa shape index (κ3) is 6.57. The van der Waals surface area contributed by atoms with Crippen molar-refractivity contribution in [3.05, 3.63) is 100 Å². The number of fused-ring (bicyclic) bond motifs is 1. The van der Waals surface area contributed by atoms with Crippen molar-refractivity contribution in [3.63, 3.8) is 0 Å². The summed E-state index contributed by atoms with van der Waals surface area (Å²) in [6.45, 7) is 0. The Morgan fingerprint density at radius 2 is 1.91 bits per heavy atom. The van der Waals surface area contributed by atoms with Crippen LogP contribution in [0.3, 0.4) is 0 Å². The molecule has 2 aromatic carbocycles. The van der Waals surface area contributed by atoms with Gasteiger partial charge in [-0.05, 0) is 84.7 Å². The molecule has 35 heavy (non-hydrogen) atoms. The van der Waals surface area contributed by atoms with Crippen LogP contribution in [0.15, 0.2) is 78.0 Å². The molecule has 1 atom stereocenters. The summed E-state index contributed by atoms with van der Waals surface area (Å²) in [5.74, 6) is -0.795. The van der Waals surface area contributed by atoms with Gasteiger partial charge < -0.3 is 5.11 Å². The van der Waals surface area contributed by atoms with Gasteiger partial charge in [-0.1, -0.05) is 41.9 Å². The standard InChI is InChI=1S/C27H27ClN2O4S/c28-23-10-13-25(14-11-23)35(33,34)30-24-12-9-19-16-21(8-7-20(19)17-24)26(5-1-2-6-27(31)32)22-4-3-15-29-18-22/h3-5,7-8,10-11,13-16,18,24,30H,1-2,6,9,12,17H2,(H,31,32)/b26-5+. The molecule has 4 rings (SSSR count). The number of unbranched alkanes of at least 4 members (excludes halogenated alkanes) is 1. The normalized spacial score (nSPS) is 16.0. The number of benzene rings is 2. The smallest absolute Gasteiger partial charge is 0.303 e. The highest BCUT2D eigenvalue weighted by Crippen LogP contribution is 2.30. The summed E-state index contributed by atoms with van der Waals surface area (Å²) in [5, 5.41) is 9.43. The molecule has 0 radical (unpaired) electrons. The fraction of sp³-hybridized carbons (Fsp3) is 0.259. The first-order valence-corrected chi connectivity index (χ1v) is 13.4. The van der Waals surface area contributed by atoms with E-state index in [9.17, 15) is 13.2 Å². The zero-order chi connectivity index (χ0) is 24.8. The van der Waals surface area contributed by atoms with Crippen LogP contribution in [0.2, 0.25) is 5.02 Å². The van der Waals surface area contributed by atoms with E-state index in [4.69, 9.17) is 16.7 Å². The summed E-state index contributed by atoms with van der Waals surface area (Å²) in [5.41, 5.74) is 5.38. The maximum Gasteiger partial charge on any atom is 0.303 e. The van der Waals surface area contributed by atoms with Crippen LogP contribution in [0, 0.1) is 0 Å². The number of hydrogen-bond acceptors (Lipinski definition) is 4. The Labute approximate surface area is 210 Å². The van der Waals surface area contributed by atoms with Gasteiger partial charge in [-0.25, -0.2) is 13.1 Å². The van der Waals surface area contributed by atoms with E-state index in [0.717, 1.165) is 28.7 Å². The minimum Gasteiger partial charge on any atom is -0.481 e. The lowest BCUT2D eigenvalue weighted by atomic mass is 9.85. The quantitative estimate of drug-likeness (QED) is 0.383. The molecule has 1 heterocycles. The number of carbonyl (C=O) groups is 1. The first-order chi connectivity index (χ1) is 16.8. The Hall–Kier alpha value is -3.00. The van der Waals surface area contributed by atoms with Crippen LogP contribution in [0.5, 0.6) is 0 Å². The van der Waals surface area contributed by atoms with Gasteiger partial charge in [0.25, 0.3) is 0 Å². The third-order valence-electron chi connectivity index (χ3n) is 6.11. The second-order valence-corrected chi connectivity index (χ2v) is 10.8. The number of rotatable bonds is 9. The molecule has 0 amide bonds. The summed E-state index contributed by atoms with van der Waals surface area (Å²) in [6, 6.07) is 16.1. The minimum atomic E-state index is -3.62. The SMILES string of the molecule is O=C(O)CCC/C=C(/c1cccnc1)c1ccc2c(c1)CCC(NS(=O)(=O)c1ccc(Cl)cc1)C2. The number of nitrogens with one attached hydrogen (secondary N) is 1. The van der Waals surface area contributed by atoms with E-state index in [-0.39, 0.29) is 17.4 Å². The summed E-state index contributed by atoms with van der Waals surface area (Å²) in [6.07, 6.45) is 9.05. The number of carboxylic acid groups (broad SMARTS) is 1. The van der Waals surface area contributed by atoms with Gasteiger partial charge in [0.2, 0.25) is 10.0 Å². The van der Waals surface area contributed by atoms with Crippen molar-refractivity contribution in [2.45, 2.75) is 49.5 Å². The Morgan fingerprint density at radius 1 is 1.11 bits per heavy atom. The predicted octanol–water partition coefficient (Wildman–Crippen LogP) is 5.26. The van der Waals surface area contributed by atoms with Crippen LogP contribution in [0.4, 0.5) is 0 Å². The van der Waals surface area contributed by atoms with Crippen molar-refractivity contribution in [1.82, 2.24) is 9.71 Å². The average Bonchev–Trinajstić information content (AvgIpc) is 2.84. The van der Waals surface area contributed by atoms with Crippen LogP contribution in [0.25, 0.3) is 5.57 Å². The maximum absolute atomic E-state index is 12.8. The molecular weight excluding hydrogens is 484 g/mol. The summed E-state index contributed by atoms with van der Waals surface area (Å²) in [4.78, 5) is 15.3. The van der Waals surface area contributed by atoms with E-state index in [1.807, 2.05) is 24.4 Å². The van der Waals surface area contributed by atoms with Gasteiger partial charge >= 0.3 is 5.97 Å². The summed E-state index contributed by atoms with van der Waals surface area (Å²) >= 11 is 5.89. The lowest BCUT2D eigenvalue weighted by molar-refractivity contribution is -0.137. The van der Waals surface area contributed by atoms with Gasteiger partial charge in [-0.3, -0.25) is 9.78 Å². The van der Waals surface area contributed by atoms with Gasteiger partial charge in [0.05, 0.1) is 4.90 Å². The molecule has 2 N–H and O–H groups in total. The zero-order valence-corrected chi connectivity index (χ0v) is 20.7. The lowest BCUT2D eigenvalue weighted by Gasteiger charge is -2.26. The van der Waals surface area contributed by atoms with E-state index in [1.54, 1.807) is 18.3 Å². The highest BCUT2D eigenvalue weighted by molar-refractivity contribution is 7.89. The molecule has 1 aliphatic carbocycles. The van der Waals surface area contributed by atoms with Crippen molar-refractivity contribution in [1.29, 1.82) is 0 Å². The number of aryl methyl sites for hydroxylation is 1. The Balaban J connectivity index is 1.52. The zero-order valence-electron chi connectivity index (χ0n) is 19.2. The molecule has 0 fully saturated rings. The molecular formula is C27H27ClN2O4S. The Kier molecular flexibility index (Phi) is 8.00. The largest absolute Gasteiger partial charge is 0.481 e. The fourth-order valence-electron chi connectivity index (χ4n) is 4.35. The second kappa shape index (κ2) is 11.2. The topological polar surface area (TPSA) is 96.4 Å². The number of nitrogens with zero attached hydrogens (tertiary/aromatic N) is 1. The molecule has 1 aromatic heterocycles. The number of allylic oxidation sites excluding steroid dienone is 1. The highest BCUT2D eigenvalue weighted by atomic mass is 35.5. The Morgan fingerprint density at radius 3 is 2.63 bits per heavy atom. The van der Waals surface area contributed by atoms with E-state index < -0.39 is 16.0 Å². The number of halogens is 1. The van der Waals surface area contributed by atoms with Crippen molar-refractivity contribution >= 4 is 33.2 Å². The third-order valence-corrected chi connectivity index (χ3v) is 7.90. The van der Waals surface area contributed by atoms with Crippen LogP contribution in [0.1, 0.15) is 47.9 Å². The molecule has 0 saturated carbocycles. The fourth-order valence-corrected chi connectivity index (χ4v) is 5.74. The monoisotopic (exact) mass is 510 g/mol. The first-order valence-electron chi connectivity index (χ1n) is 11.5. The number of aromatic nitrogens is 1.